The second kappa shape index (κ2) is 60.7. The maximum atomic E-state index is 12.6. The second-order valence-corrected chi connectivity index (χ2v) is 47.7. The van der Waals surface area contributed by atoms with Crippen molar-refractivity contribution >= 4 is 94.9 Å². The van der Waals surface area contributed by atoms with E-state index in [0.717, 1.165) is 117 Å². The molecule has 2 aliphatic carbocycles. The first-order chi connectivity index (χ1) is 67.3. The van der Waals surface area contributed by atoms with Crippen molar-refractivity contribution in [1.29, 1.82) is 0 Å². The molecule has 19 amide bonds. The zero-order valence-electron chi connectivity index (χ0n) is 99.6. The van der Waals surface area contributed by atoms with Crippen LogP contribution < -0.4 is 0 Å². The maximum Gasteiger partial charge on any atom is 0.320 e. The number of fused-ring (bicyclic) bond motifs is 1. The lowest BCUT2D eigenvalue weighted by molar-refractivity contribution is -0.148. The molecule has 35 nitrogen and oxygen atoms in total. The van der Waals surface area contributed by atoms with Crippen molar-refractivity contribution in [3.63, 3.8) is 0 Å². The molecule has 7 aliphatic heterocycles. The van der Waals surface area contributed by atoms with Gasteiger partial charge in [-0.15, -0.1) is 0 Å². The molecule has 7 saturated heterocycles. The number of carbonyl (C=O) groups is 16. The molecule has 146 heavy (non-hydrogen) atoms. The summed E-state index contributed by atoms with van der Waals surface area (Å²) in [4.78, 5) is 226. The molecule has 0 spiro atoms. The predicted molar refractivity (Wildman–Crippen MR) is 582 cm³/mol. The maximum absolute atomic E-state index is 12.6. The van der Waals surface area contributed by atoms with E-state index in [4.69, 9.17) is 0 Å². The van der Waals surface area contributed by atoms with Crippen LogP contribution in [0.3, 0.4) is 0 Å². The molecular formula is C111H207N19O16. The molecular weight excluding hydrogens is 1860 g/mol. The van der Waals surface area contributed by atoms with Gasteiger partial charge in [-0.2, -0.15) is 0 Å². The topological polar surface area (TPSA) is 335 Å². The minimum Gasteiger partial charge on any atom is -0.345 e. The average molecular weight is 2060 g/mol. The Balaban J connectivity index is 0.000000564. The van der Waals surface area contributed by atoms with Gasteiger partial charge in [-0.25, -0.2) is 24.0 Å². The van der Waals surface area contributed by atoms with Gasteiger partial charge in [0.15, 0.2) is 0 Å². The zero-order chi connectivity index (χ0) is 113. The van der Waals surface area contributed by atoms with Gasteiger partial charge in [0.1, 0.15) is 17.1 Å². The number of nitrogens with zero attached hydrogens (tertiary/aromatic N) is 19. The van der Waals surface area contributed by atoms with Gasteiger partial charge >= 0.3 is 30.2 Å². The van der Waals surface area contributed by atoms with Crippen LogP contribution in [-0.4, -0.2) is 436 Å². The molecule has 2 saturated carbocycles. The van der Waals surface area contributed by atoms with Crippen LogP contribution >= 0.6 is 0 Å². The minimum atomic E-state index is -0.486. The molecule has 5 unspecified atom stereocenters. The molecule has 0 aromatic heterocycles. The molecule has 9 aliphatic rings. The van der Waals surface area contributed by atoms with Gasteiger partial charge in [0.2, 0.25) is 53.2 Å². The van der Waals surface area contributed by atoms with Crippen LogP contribution in [0.15, 0.2) is 0 Å². The van der Waals surface area contributed by atoms with Gasteiger partial charge in [-0.05, 0) is 180 Å². The summed E-state index contributed by atoms with van der Waals surface area (Å²) in [7, 11) is 22.0. The van der Waals surface area contributed by atoms with Crippen molar-refractivity contribution in [2.75, 3.05) is 176 Å². The van der Waals surface area contributed by atoms with Gasteiger partial charge in [0, 0.05) is 302 Å². The zero-order valence-corrected chi connectivity index (χ0v) is 99.6. The van der Waals surface area contributed by atoms with Crippen molar-refractivity contribution in [1.82, 2.24) is 93.1 Å². The molecule has 0 radical (unpaired) electrons. The van der Waals surface area contributed by atoms with Crippen molar-refractivity contribution in [2.24, 2.45) is 82.9 Å². The third-order valence-electron chi connectivity index (χ3n) is 30.8. The number of carbonyl (C=O) groups excluding carboxylic acids is 16. The van der Waals surface area contributed by atoms with Gasteiger partial charge in [-0.1, -0.05) is 111 Å². The summed E-state index contributed by atoms with van der Waals surface area (Å²) in [6.07, 6.45) is 9.55. The number of Topliss-reactive ketones (excluding diaryl/α,β-unsaturated/α-hetero) is 2. The molecule has 842 valence electrons. The fourth-order valence-corrected chi connectivity index (χ4v) is 18.1. The summed E-state index contributed by atoms with van der Waals surface area (Å²) in [6, 6.07) is 2.37. The summed E-state index contributed by atoms with van der Waals surface area (Å²) < 4.78 is 0. The number of likely N-dealkylation sites (tertiary alicyclic amines) is 7. The number of piperidine rings is 3. The van der Waals surface area contributed by atoms with Gasteiger partial charge < -0.3 is 93.1 Å². The quantitative estimate of drug-likeness (QED) is 0.0702. The molecule has 9 rings (SSSR count). The normalized spacial score (nSPS) is 20.0. The van der Waals surface area contributed by atoms with Crippen LogP contribution in [0, 0.1) is 82.9 Å². The number of amides is 19. The number of rotatable bonds is 28. The molecule has 0 bridgehead atoms. The van der Waals surface area contributed by atoms with Crippen molar-refractivity contribution in [3.05, 3.63) is 0 Å². The summed E-state index contributed by atoms with van der Waals surface area (Å²) in [6.45, 7) is 72.7. The van der Waals surface area contributed by atoms with Gasteiger partial charge in [0.25, 0.3) is 0 Å². The van der Waals surface area contributed by atoms with Crippen LogP contribution in [0.1, 0.15) is 292 Å². The summed E-state index contributed by atoms with van der Waals surface area (Å²) >= 11 is 0. The Morgan fingerprint density at radius 2 is 0.596 bits per heavy atom. The van der Waals surface area contributed by atoms with Crippen molar-refractivity contribution in [3.8, 4) is 0 Å². The van der Waals surface area contributed by atoms with Crippen molar-refractivity contribution in [2.45, 2.75) is 364 Å². The number of urea groups is 5. The lowest BCUT2D eigenvalue weighted by Crippen LogP contribution is -2.64. The van der Waals surface area contributed by atoms with Crippen LogP contribution in [0.2, 0.25) is 0 Å². The van der Waals surface area contributed by atoms with E-state index in [2.05, 4.69) is 0 Å². The molecule has 9 fully saturated rings. The van der Waals surface area contributed by atoms with Crippen molar-refractivity contribution < 1.29 is 76.7 Å². The van der Waals surface area contributed by atoms with E-state index < -0.39 is 5.54 Å². The standard InChI is InChI=1S/C15H29N3O2.2C14H27N3O2.C14H24N2O2.C14H26N2O2.C14H25NO2.C13H25N3O2.C13H24N2O2/c1-11(2)14(19)18-9-7-8-13(10-18)17(6)15(20)16(5)12(3)4;1-10(2)13(18)15(5)7-12-8-17(9-12)14(19)16(6)11(3)4;1-10(2)13(18)17-8-7-12(9-17)16(6)14(19)15(5)11(3)4;1-9(2)12(17)16-7-6-11-8-14(11,16)13(18)15(5)10(3)4;1-10(2)13(17)16-8-6-7-12(9-16)14(18)15(5)11(3)4;1-9(2)13(16)8-11-6-12(7-11)14(17)15(5)10(3)4;1-9(2)12(17)15(6)11-7-16(8-11)13(18)14(5)10(3)4;1-9(2)12(16)6-11-7-15(8-11)13(17)14(5)10(3)4/h11-13H,7-10H2,1-6H3;2*10-12H,7-9H2,1-6H3;9-11H,6-8H2,1-5H3;10-12H,6-9H2,1-5H3;9-12H,6-8H2,1-5H3;9-11H,7-8H2,1-6H3;9-11H,6-8H2,1-5H3. The van der Waals surface area contributed by atoms with Crippen LogP contribution in [-0.2, 0) is 52.7 Å². The van der Waals surface area contributed by atoms with E-state index in [-0.39, 0.29) is 209 Å². The number of likely N-dealkylation sites (N-methyl/N-ethyl adjacent to an activating group) is 4. The Morgan fingerprint density at radius 1 is 0.274 bits per heavy atom. The van der Waals surface area contributed by atoms with E-state index in [1.807, 2.05) is 340 Å². The first-order valence-electron chi connectivity index (χ1n) is 54.9. The monoisotopic (exact) mass is 2060 g/mol. The van der Waals surface area contributed by atoms with E-state index >= 15 is 0 Å². The first kappa shape index (κ1) is 133. The van der Waals surface area contributed by atoms with E-state index in [1.54, 1.807) is 58.8 Å². The lowest BCUT2D eigenvalue weighted by atomic mass is 9.71. The molecule has 7 heterocycles. The predicted octanol–water partition coefficient (Wildman–Crippen LogP) is 14.1. The highest BCUT2D eigenvalue weighted by atomic mass is 16.2. The highest BCUT2D eigenvalue weighted by Gasteiger charge is 2.69. The Bertz CT molecular complexity index is 4120. The summed E-state index contributed by atoms with van der Waals surface area (Å²) in [5, 5.41) is 0. The van der Waals surface area contributed by atoms with Crippen LogP contribution in [0.5, 0.6) is 0 Å². The smallest absolute Gasteiger partial charge is 0.320 e. The third kappa shape index (κ3) is 38.7. The Kier molecular flexibility index (Phi) is 55.3. The van der Waals surface area contributed by atoms with E-state index in [9.17, 15) is 76.7 Å². The number of ketones is 2. The Morgan fingerprint density at radius 3 is 0.945 bits per heavy atom. The van der Waals surface area contributed by atoms with Gasteiger partial charge in [-0.3, -0.25) is 52.7 Å². The molecule has 0 aromatic carbocycles. The van der Waals surface area contributed by atoms with Crippen LogP contribution in [0.25, 0.3) is 0 Å². The third-order valence-corrected chi connectivity index (χ3v) is 30.8. The van der Waals surface area contributed by atoms with Crippen LogP contribution in [0.4, 0.5) is 24.0 Å². The summed E-state index contributed by atoms with van der Waals surface area (Å²) in [5.41, 5.74) is -0.486. The number of hydrogen-bond acceptors (Lipinski definition) is 16. The largest absolute Gasteiger partial charge is 0.345 e. The minimum absolute atomic E-state index is 0.0121. The second-order valence-electron chi connectivity index (χ2n) is 47.7. The highest BCUT2D eigenvalue weighted by molar-refractivity contribution is 5.96. The average Bonchev–Trinajstić information content (AvgIpc) is 1.53. The SMILES string of the molecule is CC(C)C(=O)CC1CC(C(=O)N(C)C(C)C)C1.CC(C)C(=O)CC1CN(C(=O)N(C)C(C)C)C1.CC(C)C(=O)N(C)C1CN(C(=O)N(C)C(C)C)C1.CC(C)C(=O)N(C)CC1CN(C(=O)N(C)C(C)C)C1.CC(C)C(=O)N1CCC(N(C)C(=O)N(C)C(C)C)C1.CC(C)C(=O)N1CCC2CC21C(=O)N(C)C(C)C.CC(C)C(=O)N1CCCC(C(=O)N(C)C(C)C)C1.CC(C)C(=O)N1CCCC(N(C)C(=O)N(C)C(C)C)C1. The highest BCUT2D eigenvalue weighted by Crippen LogP contribution is 2.57. The van der Waals surface area contributed by atoms with Gasteiger partial charge in [0.05, 0.1) is 24.0 Å². The summed E-state index contributed by atoms with van der Waals surface area (Å²) in [5.74, 6) is 4.24. The molecule has 5 atom stereocenters. The Labute approximate surface area is 883 Å². The van der Waals surface area contributed by atoms with E-state index in [0.29, 0.717) is 80.8 Å². The fraction of sp³-hybridized carbons (Fsp3) is 0.856. The fourth-order valence-electron chi connectivity index (χ4n) is 18.1. The lowest BCUT2D eigenvalue weighted by Gasteiger charge is -2.46. The first-order valence-corrected chi connectivity index (χ1v) is 54.9. The van der Waals surface area contributed by atoms with E-state index in [1.165, 1.54) is 0 Å². The molecule has 0 aromatic rings. The Hall–Kier alpha value is -9.08. The molecule has 0 N–H and O–H groups in total. The molecule has 35 heteroatoms. The number of hydrogen-bond donors (Lipinski definition) is 0.